The summed E-state index contributed by atoms with van der Waals surface area (Å²) in [7, 11) is -1.73. The van der Waals surface area contributed by atoms with Crippen LogP contribution in [0.25, 0.3) is 0 Å². The van der Waals surface area contributed by atoms with Crippen molar-refractivity contribution in [3.63, 3.8) is 0 Å². The molecule has 0 atom stereocenters. The SMILES string of the molecule is COc1ccccc1CCNS(=O)(=O)Cc1ccccc1C. The summed E-state index contributed by atoms with van der Waals surface area (Å²) in [5.74, 6) is 0.784. The normalized spacial score (nSPS) is 11.4. The van der Waals surface area contributed by atoms with Gasteiger partial charge in [0.25, 0.3) is 0 Å². The van der Waals surface area contributed by atoms with Crippen molar-refractivity contribution in [1.82, 2.24) is 4.72 Å². The van der Waals surface area contributed by atoms with Crippen LogP contribution >= 0.6 is 0 Å². The monoisotopic (exact) mass is 319 g/mol. The van der Waals surface area contributed by atoms with Crippen molar-refractivity contribution < 1.29 is 13.2 Å². The fourth-order valence-corrected chi connectivity index (χ4v) is 3.53. The van der Waals surface area contributed by atoms with Crippen LogP contribution in [0.5, 0.6) is 5.75 Å². The summed E-state index contributed by atoms with van der Waals surface area (Å²) in [5.41, 5.74) is 2.80. The zero-order valence-electron chi connectivity index (χ0n) is 12.9. The lowest BCUT2D eigenvalue weighted by atomic mass is 10.1. The van der Waals surface area contributed by atoms with E-state index in [-0.39, 0.29) is 5.75 Å². The fourth-order valence-electron chi connectivity index (χ4n) is 2.28. The third kappa shape index (κ3) is 4.58. The summed E-state index contributed by atoms with van der Waals surface area (Å²) >= 11 is 0. The molecule has 118 valence electrons. The first-order chi connectivity index (χ1) is 10.5. The predicted molar refractivity (Wildman–Crippen MR) is 88.5 cm³/mol. The maximum Gasteiger partial charge on any atom is 0.215 e. The quantitative estimate of drug-likeness (QED) is 0.853. The zero-order chi connectivity index (χ0) is 16.0. The topological polar surface area (TPSA) is 55.4 Å². The first-order valence-corrected chi connectivity index (χ1v) is 8.81. The number of para-hydroxylation sites is 1. The van der Waals surface area contributed by atoms with Crippen molar-refractivity contribution in [2.75, 3.05) is 13.7 Å². The van der Waals surface area contributed by atoms with E-state index in [4.69, 9.17) is 4.74 Å². The molecular formula is C17H21NO3S. The van der Waals surface area contributed by atoms with Gasteiger partial charge in [0, 0.05) is 6.54 Å². The predicted octanol–water partition coefficient (Wildman–Crippen LogP) is 2.67. The average molecular weight is 319 g/mol. The third-order valence-electron chi connectivity index (χ3n) is 3.52. The molecule has 0 heterocycles. The van der Waals surface area contributed by atoms with Gasteiger partial charge in [0.1, 0.15) is 5.75 Å². The number of nitrogens with one attached hydrogen (secondary N) is 1. The van der Waals surface area contributed by atoms with Gasteiger partial charge in [-0.3, -0.25) is 0 Å². The largest absolute Gasteiger partial charge is 0.496 e. The molecule has 0 fully saturated rings. The highest BCUT2D eigenvalue weighted by molar-refractivity contribution is 7.88. The number of rotatable bonds is 7. The molecule has 0 bridgehead atoms. The Morgan fingerprint density at radius 3 is 2.32 bits per heavy atom. The minimum absolute atomic E-state index is 0.00555. The van der Waals surface area contributed by atoms with Crippen molar-refractivity contribution in [2.45, 2.75) is 19.1 Å². The van der Waals surface area contributed by atoms with Crippen LogP contribution in [0.3, 0.4) is 0 Å². The summed E-state index contributed by atoms with van der Waals surface area (Å²) < 4.78 is 32.2. The highest BCUT2D eigenvalue weighted by Gasteiger charge is 2.12. The van der Waals surface area contributed by atoms with Gasteiger partial charge in [-0.2, -0.15) is 0 Å². The Hall–Kier alpha value is -1.85. The molecule has 5 heteroatoms. The van der Waals surface area contributed by atoms with Gasteiger partial charge in [-0.15, -0.1) is 0 Å². The molecule has 0 saturated heterocycles. The molecule has 0 aliphatic carbocycles. The molecule has 0 saturated carbocycles. The van der Waals surface area contributed by atoms with Crippen LogP contribution in [0.2, 0.25) is 0 Å². The summed E-state index contributed by atoms with van der Waals surface area (Å²) in [6.07, 6.45) is 0.594. The standard InChI is InChI=1S/C17H21NO3S/c1-14-7-3-4-9-16(14)13-22(19,20)18-12-11-15-8-5-6-10-17(15)21-2/h3-10,18H,11-13H2,1-2H3. The molecule has 0 unspecified atom stereocenters. The maximum absolute atomic E-state index is 12.2. The molecular weight excluding hydrogens is 298 g/mol. The van der Waals surface area contributed by atoms with Crippen LogP contribution in [0.4, 0.5) is 0 Å². The van der Waals surface area contributed by atoms with Crippen LogP contribution in [-0.4, -0.2) is 22.1 Å². The molecule has 2 aromatic carbocycles. The van der Waals surface area contributed by atoms with Crippen molar-refractivity contribution in [2.24, 2.45) is 0 Å². The lowest BCUT2D eigenvalue weighted by Gasteiger charge is -2.10. The number of sulfonamides is 1. The van der Waals surface area contributed by atoms with E-state index in [0.717, 1.165) is 22.4 Å². The van der Waals surface area contributed by atoms with E-state index in [1.165, 1.54) is 0 Å². The number of hydrogen-bond acceptors (Lipinski definition) is 3. The van der Waals surface area contributed by atoms with E-state index in [2.05, 4.69) is 4.72 Å². The Morgan fingerprint density at radius 2 is 1.64 bits per heavy atom. The van der Waals surface area contributed by atoms with Gasteiger partial charge in [-0.05, 0) is 36.1 Å². The number of hydrogen-bond donors (Lipinski definition) is 1. The van der Waals surface area contributed by atoms with E-state index in [9.17, 15) is 8.42 Å². The molecule has 0 amide bonds. The van der Waals surface area contributed by atoms with Gasteiger partial charge >= 0.3 is 0 Å². The zero-order valence-corrected chi connectivity index (χ0v) is 13.7. The number of benzene rings is 2. The maximum atomic E-state index is 12.2. The minimum Gasteiger partial charge on any atom is -0.496 e. The van der Waals surface area contributed by atoms with Crippen LogP contribution < -0.4 is 9.46 Å². The second-order valence-electron chi connectivity index (χ2n) is 5.14. The van der Waals surface area contributed by atoms with Gasteiger partial charge in [0.2, 0.25) is 10.0 Å². The van der Waals surface area contributed by atoms with Crippen LogP contribution in [0, 0.1) is 6.92 Å². The van der Waals surface area contributed by atoms with Gasteiger partial charge in [-0.1, -0.05) is 42.5 Å². The highest BCUT2D eigenvalue weighted by Crippen LogP contribution is 2.17. The number of methoxy groups -OCH3 is 1. The number of ether oxygens (including phenoxy) is 1. The van der Waals surface area contributed by atoms with Gasteiger partial charge in [0.05, 0.1) is 12.9 Å². The number of aryl methyl sites for hydroxylation is 1. The third-order valence-corrected chi connectivity index (χ3v) is 4.85. The first kappa shape index (κ1) is 16.5. The summed E-state index contributed by atoms with van der Waals surface area (Å²) in [6, 6.07) is 15.1. The Balaban J connectivity index is 1.94. The Morgan fingerprint density at radius 1 is 1.00 bits per heavy atom. The molecule has 0 spiro atoms. The summed E-state index contributed by atoms with van der Waals surface area (Å²) in [6.45, 7) is 2.27. The molecule has 22 heavy (non-hydrogen) atoms. The van der Waals surface area contributed by atoms with Crippen LogP contribution in [-0.2, 0) is 22.2 Å². The molecule has 0 aliphatic rings. The second-order valence-corrected chi connectivity index (χ2v) is 6.95. The van der Waals surface area contributed by atoms with Gasteiger partial charge in [0.15, 0.2) is 0 Å². The highest BCUT2D eigenvalue weighted by atomic mass is 32.2. The lowest BCUT2D eigenvalue weighted by Crippen LogP contribution is -2.27. The molecule has 2 rings (SSSR count). The fraction of sp³-hybridized carbons (Fsp3) is 0.294. The average Bonchev–Trinajstić information content (AvgIpc) is 2.50. The van der Waals surface area contributed by atoms with E-state index >= 15 is 0 Å². The van der Waals surface area contributed by atoms with Crippen LogP contribution in [0.1, 0.15) is 16.7 Å². The molecule has 0 aromatic heterocycles. The molecule has 1 N–H and O–H groups in total. The summed E-state index contributed by atoms with van der Waals surface area (Å²) in [4.78, 5) is 0. The van der Waals surface area contributed by atoms with Crippen molar-refractivity contribution in [1.29, 1.82) is 0 Å². The summed E-state index contributed by atoms with van der Waals surface area (Å²) in [5, 5.41) is 0. The van der Waals surface area contributed by atoms with Crippen molar-refractivity contribution in [3.8, 4) is 5.75 Å². The van der Waals surface area contributed by atoms with Crippen molar-refractivity contribution >= 4 is 10.0 Å². The first-order valence-electron chi connectivity index (χ1n) is 7.15. The Bertz CT molecular complexity index is 726. The van der Waals surface area contributed by atoms with Crippen LogP contribution in [0.15, 0.2) is 48.5 Å². The Labute approximate surface area is 132 Å². The van der Waals surface area contributed by atoms with E-state index in [1.807, 2.05) is 55.5 Å². The minimum atomic E-state index is -3.34. The second kappa shape index (κ2) is 7.42. The van der Waals surface area contributed by atoms with Gasteiger partial charge in [-0.25, -0.2) is 13.1 Å². The van der Waals surface area contributed by atoms with Gasteiger partial charge < -0.3 is 4.74 Å². The lowest BCUT2D eigenvalue weighted by molar-refractivity contribution is 0.409. The Kier molecular flexibility index (Phi) is 5.57. The van der Waals surface area contributed by atoms with E-state index < -0.39 is 10.0 Å². The molecule has 0 aliphatic heterocycles. The molecule has 2 aromatic rings. The molecule has 4 nitrogen and oxygen atoms in total. The van der Waals surface area contributed by atoms with E-state index in [1.54, 1.807) is 7.11 Å². The van der Waals surface area contributed by atoms with E-state index in [0.29, 0.717) is 13.0 Å². The molecule has 0 radical (unpaired) electrons. The van der Waals surface area contributed by atoms with Crippen molar-refractivity contribution in [3.05, 3.63) is 65.2 Å². The smallest absolute Gasteiger partial charge is 0.215 e.